The SMILES string of the molecule is CC(C)c1nc(C(CN)C(F)(F)F)cs1. The largest absolute Gasteiger partial charge is 0.398 e. The maximum atomic E-state index is 12.5. The van der Waals surface area contributed by atoms with Gasteiger partial charge in [0, 0.05) is 17.8 Å². The summed E-state index contributed by atoms with van der Waals surface area (Å²) in [6.07, 6.45) is -4.31. The van der Waals surface area contributed by atoms with Gasteiger partial charge in [-0.15, -0.1) is 11.3 Å². The molecule has 1 atom stereocenters. The van der Waals surface area contributed by atoms with Crippen LogP contribution in [0.5, 0.6) is 0 Å². The molecule has 1 aromatic rings. The van der Waals surface area contributed by atoms with Crippen LogP contribution in [0, 0.1) is 0 Å². The molecule has 0 aliphatic carbocycles. The number of aromatic nitrogens is 1. The van der Waals surface area contributed by atoms with Gasteiger partial charge in [0.2, 0.25) is 0 Å². The van der Waals surface area contributed by atoms with Crippen molar-refractivity contribution in [1.29, 1.82) is 0 Å². The van der Waals surface area contributed by atoms with Crippen molar-refractivity contribution in [3.8, 4) is 0 Å². The normalized spacial score (nSPS) is 14.6. The van der Waals surface area contributed by atoms with Crippen LogP contribution in [0.4, 0.5) is 13.2 Å². The summed E-state index contributed by atoms with van der Waals surface area (Å²) in [5.74, 6) is -1.49. The molecule has 0 radical (unpaired) electrons. The summed E-state index contributed by atoms with van der Waals surface area (Å²) < 4.78 is 37.5. The second-order valence-electron chi connectivity index (χ2n) is 3.60. The van der Waals surface area contributed by atoms with Crippen LogP contribution in [0.25, 0.3) is 0 Å². The Morgan fingerprint density at radius 3 is 2.40 bits per heavy atom. The predicted molar refractivity (Wildman–Crippen MR) is 54.1 cm³/mol. The number of nitrogens with zero attached hydrogens (tertiary/aromatic N) is 1. The molecule has 1 unspecified atom stereocenters. The number of halogens is 3. The lowest BCUT2D eigenvalue weighted by Crippen LogP contribution is -2.28. The highest BCUT2D eigenvalue weighted by Gasteiger charge is 2.41. The van der Waals surface area contributed by atoms with Crippen LogP contribution in [0.2, 0.25) is 0 Å². The average Bonchev–Trinajstić information content (AvgIpc) is 2.51. The molecule has 6 heteroatoms. The van der Waals surface area contributed by atoms with Gasteiger partial charge in [-0.1, -0.05) is 13.8 Å². The lowest BCUT2D eigenvalue weighted by molar-refractivity contribution is -0.148. The van der Waals surface area contributed by atoms with Gasteiger partial charge in [0.15, 0.2) is 0 Å². The minimum atomic E-state index is -4.31. The Balaban J connectivity index is 2.93. The van der Waals surface area contributed by atoms with Crippen molar-refractivity contribution in [3.05, 3.63) is 16.1 Å². The van der Waals surface area contributed by atoms with Crippen molar-refractivity contribution in [1.82, 2.24) is 4.98 Å². The summed E-state index contributed by atoms with van der Waals surface area (Å²) in [7, 11) is 0. The highest BCUT2D eigenvalue weighted by atomic mass is 32.1. The van der Waals surface area contributed by atoms with E-state index in [9.17, 15) is 13.2 Å². The maximum Gasteiger partial charge on any atom is 0.398 e. The predicted octanol–water partition coefficient (Wildman–Crippen LogP) is 2.87. The van der Waals surface area contributed by atoms with Crippen LogP contribution in [0.1, 0.15) is 36.4 Å². The van der Waals surface area contributed by atoms with Crippen molar-refractivity contribution in [2.75, 3.05) is 6.54 Å². The van der Waals surface area contributed by atoms with E-state index in [1.807, 2.05) is 13.8 Å². The third-order valence-corrected chi connectivity index (χ3v) is 3.18. The Labute approximate surface area is 90.3 Å². The molecule has 0 aromatic carbocycles. The molecule has 2 nitrogen and oxygen atoms in total. The quantitative estimate of drug-likeness (QED) is 0.879. The first-order chi connectivity index (χ1) is 6.86. The molecule has 15 heavy (non-hydrogen) atoms. The Morgan fingerprint density at radius 1 is 1.47 bits per heavy atom. The summed E-state index contributed by atoms with van der Waals surface area (Å²) in [4.78, 5) is 3.97. The van der Waals surface area contributed by atoms with Gasteiger partial charge in [0.1, 0.15) is 5.92 Å². The van der Waals surface area contributed by atoms with E-state index in [1.165, 1.54) is 16.7 Å². The van der Waals surface area contributed by atoms with Gasteiger partial charge < -0.3 is 5.73 Å². The molecule has 0 fully saturated rings. The van der Waals surface area contributed by atoms with Gasteiger partial charge in [-0.2, -0.15) is 13.2 Å². The monoisotopic (exact) mass is 238 g/mol. The van der Waals surface area contributed by atoms with E-state index < -0.39 is 18.6 Å². The van der Waals surface area contributed by atoms with Gasteiger partial charge in [-0.3, -0.25) is 0 Å². The van der Waals surface area contributed by atoms with Crippen molar-refractivity contribution in [2.24, 2.45) is 5.73 Å². The maximum absolute atomic E-state index is 12.5. The molecule has 2 N–H and O–H groups in total. The lowest BCUT2D eigenvalue weighted by Gasteiger charge is -2.15. The van der Waals surface area contributed by atoms with E-state index in [2.05, 4.69) is 4.98 Å². The Bertz CT molecular complexity index is 319. The molecule has 0 saturated heterocycles. The van der Waals surface area contributed by atoms with E-state index in [0.29, 0.717) is 5.01 Å². The first-order valence-electron chi connectivity index (χ1n) is 4.58. The van der Waals surface area contributed by atoms with Gasteiger partial charge in [-0.05, 0) is 0 Å². The number of nitrogens with two attached hydrogens (primary N) is 1. The van der Waals surface area contributed by atoms with Gasteiger partial charge in [0.05, 0.1) is 10.7 Å². The zero-order chi connectivity index (χ0) is 11.6. The minimum Gasteiger partial charge on any atom is -0.329 e. The molecule has 0 aliphatic rings. The fraction of sp³-hybridized carbons (Fsp3) is 0.667. The van der Waals surface area contributed by atoms with Crippen LogP contribution < -0.4 is 5.73 Å². The zero-order valence-corrected chi connectivity index (χ0v) is 9.32. The van der Waals surface area contributed by atoms with Crippen molar-refractivity contribution in [2.45, 2.75) is 31.9 Å². The van der Waals surface area contributed by atoms with Crippen LogP contribution in [0.15, 0.2) is 5.38 Å². The first-order valence-corrected chi connectivity index (χ1v) is 5.46. The third kappa shape index (κ3) is 2.92. The highest BCUT2D eigenvalue weighted by Crippen LogP contribution is 2.35. The number of alkyl halides is 3. The van der Waals surface area contributed by atoms with Crippen LogP contribution in [-0.2, 0) is 0 Å². The van der Waals surface area contributed by atoms with E-state index in [0.717, 1.165) is 0 Å². The highest BCUT2D eigenvalue weighted by molar-refractivity contribution is 7.09. The number of rotatable bonds is 3. The molecule has 1 rings (SSSR count). The van der Waals surface area contributed by atoms with Gasteiger partial charge >= 0.3 is 6.18 Å². The average molecular weight is 238 g/mol. The summed E-state index contributed by atoms with van der Waals surface area (Å²) in [6, 6.07) is 0. The first kappa shape index (κ1) is 12.4. The molecule has 0 saturated carbocycles. The Kier molecular flexibility index (Phi) is 3.72. The van der Waals surface area contributed by atoms with E-state index in [4.69, 9.17) is 5.73 Å². The molecule has 1 aromatic heterocycles. The molecule has 0 bridgehead atoms. The Morgan fingerprint density at radius 2 is 2.07 bits per heavy atom. The van der Waals surface area contributed by atoms with Gasteiger partial charge in [-0.25, -0.2) is 4.98 Å². The van der Waals surface area contributed by atoms with Crippen molar-refractivity contribution >= 4 is 11.3 Å². The molecule has 86 valence electrons. The molecule has 0 spiro atoms. The summed E-state index contributed by atoms with van der Waals surface area (Å²) in [5, 5.41) is 2.16. The molecule has 0 amide bonds. The van der Waals surface area contributed by atoms with Crippen LogP contribution >= 0.6 is 11.3 Å². The second kappa shape index (κ2) is 4.49. The number of thiazole rings is 1. The summed E-state index contributed by atoms with van der Waals surface area (Å²) in [5.41, 5.74) is 5.16. The fourth-order valence-corrected chi connectivity index (χ4v) is 2.04. The third-order valence-electron chi connectivity index (χ3n) is 2.02. The van der Waals surface area contributed by atoms with Gasteiger partial charge in [0.25, 0.3) is 0 Å². The molecular formula is C9H13F3N2S. The van der Waals surface area contributed by atoms with E-state index in [1.54, 1.807) is 0 Å². The van der Waals surface area contributed by atoms with Crippen LogP contribution in [-0.4, -0.2) is 17.7 Å². The van der Waals surface area contributed by atoms with E-state index in [-0.39, 0.29) is 11.6 Å². The molecule has 1 heterocycles. The van der Waals surface area contributed by atoms with Crippen molar-refractivity contribution < 1.29 is 13.2 Å². The topological polar surface area (TPSA) is 38.9 Å². The smallest absolute Gasteiger partial charge is 0.329 e. The minimum absolute atomic E-state index is 0.0405. The number of hydrogen-bond acceptors (Lipinski definition) is 3. The van der Waals surface area contributed by atoms with Crippen molar-refractivity contribution in [3.63, 3.8) is 0 Å². The standard InChI is InChI=1S/C9H13F3N2S/c1-5(2)8-14-7(4-15-8)6(3-13)9(10,11)12/h4-6H,3,13H2,1-2H3. The molecule has 0 aliphatic heterocycles. The summed E-state index contributed by atoms with van der Waals surface area (Å²) in [6.45, 7) is 3.34. The summed E-state index contributed by atoms with van der Waals surface area (Å²) >= 11 is 1.25. The molecular weight excluding hydrogens is 225 g/mol. The lowest BCUT2D eigenvalue weighted by atomic mass is 10.1. The van der Waals surface area contributed by atoms with E-state index >= 15 is 0 Å². The fourth-order valence-electron chi connectivity index (χ4n) is 1.15. The zero-order valence-electron chi connectivity index (χ0n) is 8.51. The number of hydrogen-bond donors (Lipinski definition) is 1. The second-order valence-corrected chi connectivity index (χ2v) is 4.48. The van der Waals surface area contributed by atoms with Crippen LogP contribution in [0.3, 0.4) is 0 Å². The Hall–Kier alpha value is -0.620.